The Kier molecular flexibility index (Phi) is 4.58. The summed E-state index contributed by atoms with van der Waals surface area (Å²) in [5.74, 6) is -1.13. The average molecular weight is 354 g/mol. The Morgan fingerprint density at radius 1 is 1.16 bits per heavy atom. The third-order valence-electron chi connectivity index (χ3n) is 3.57. The molecule has 126 valence electrons. The van der Waals surface area contributed by atoms with Crippen molar-refractivity contribution >= 4 is 34.8 Å². The van der Waals surface area contributed by atoms with Crippen molar-refractivity contribution in [1.82, 2.24) is 0 Å². The molecule has 2 heterocycles. The summed E-state index contributed by atoms with van der Waals surface area (Å²) < 4.78 is 4.73. The highest BCUT2D eigenvalue weighted by molar-refractivity contribution is 7.12. The first kappa shape index (κ1) is 16.8. The van der Waals surface area contributed by atoms with Crippen LogP contribution < -0.4 is 0 Å². The van der Waals surface area contributed by atoms with E-state index >= 15 is 0 Å². The van der Waals surface area contributed by atoms with E-state index in [0.29, 0.717) is 16.0 Å². The second-order valence-corrected chi connectivity index (χ2v) is 6.12. The van der Waals surface area contributed by atoms with Crippen molar-refractivity contribution in [3.05, 3.63) is 69.1 Å². The Morgan fingerprint density at radius 3 is 2.48 bits per heavy atom. The molecule has 0 saturated carbocycles. The third kappa shape index (κ3) is 3.14. The van der Waals surface area contributed by atoms with Crippen LogP contribution in [0.5, 0.6) is 0 Å². The lowest BCUT2D eigenvalue weighted by Gasteiger charge is -2.07. The van der Waals surface area contributed by atoms with E-state index in [1.165, 1.54) is 25.4 Å². The topological polar surface area (TPSA) is 88.3 Å². The maximum Gasteiger partial charge on any atom is 0.343 e. The second kappa shape index (κ2) is 6.82. The van der Waals surface area contributed by atoms with E-state index in [-0.39, 0.29) is 22.9 Å². The molecule has 0 unspecified atom stereocenters. The molecule has 1 aromatic heterocycles. The van der Waals surface area contributed by atoms with Gasteiger partial charge >= 0.3 is 5.97 Å². The molecule has 0 aliphatic carbocycles. The van der Waals surface area contributed by atoms with E-state index in [0.717, 1.165) is 0 Å². The number of aliphatic imine (C=N–C) groups is 2. The van der Waals surface area contributed by atoms with Crippen molar-refractivity contribution in [2.75, 3.05) is 7.11 Å². The molecule has 0 fully saturated rings. The van der Waals surface area contributed by atoms with E-state index in [4.69, 9.17) is 4.74 Å². The maximum absolute atomic E-state index is 12.3. The normalized spacial score (nSPS) is 15.4. The number of thiophene rings is 1. The van der Waals surface area contributed by atoms with E-state index in [1.54, 1.807) is 41.8 Å². The summed E-state index contributed by atoms with van der Waals surface area (Å²) in [6, 6.07) is 10.5. The van der Waals surface area contributed by atoms with Crippen molar-refractivity contribution < 1.29 is 19.4 Å². The smallest absolute Gasteiger partial charge is 0.343 e. The number of rotatable bonds is 3. The molecular formula is C18H14N2O4S. The van der Waals surface area contributed by atoms with E-state index in [1.807, 2.05) is 0 Å². The summed E-state index contributed by atoms with van der Waals surface area (Å²) in [5.41, 5.74) is 1.41. The number of amidine groups is 1. The van der Waals surface area contributed by atoms with Crippen molar-refractivity contribution in [1.29, 1.82) is 0 Å². The fraction of sp³-hybridized carbons (Fsp3) is 0.111. The number of hydrogen-bond donors (Lipinski definition) is 1. The van der Waals surface area contributed by atoms with Gasteiger partial charge in [-0.1, -0.05) is 30.3 Å². The van der Waals surface area contributed by atoms with Crippen LogP contribution in [-0.2, 0) is 9.53 Å². The molecule has 1 aromatic carbocycles. The number of amides is 1. The van der Waals surface area contributed by atoms with Gasteiger partial charge in [0.25, 0.3) is 5.91 Å². The Morgan fingerprint density at radius 2 is 1.88 bits per heavy atom. The number of fused-ring (bicyclic) bond motifs is 1. The molecule has 0 spiro atoms. The minimum Gasteiger partial charge on any atom is -0.512 e. The minimum atomic E-state index is -0.709. The van der Waals surface area contributed by atoms with Gasteiger partial charge in [0.05, 0.1) is 17.7 Å². The van der Waals surface area contributed by atoms with Gasteiger partial charge in [0.2, 0.25) is 0 Å². The predicted molar refractivity (Wildman–Crippen MR) is 95.5 cm³/mol. The highest BCUT2D eigenvalue weighted by Crippen LogP contribution is 2.26. The number of nitrogens with zero attached hydrogens (tertiary/aromatic N) is 2. The first-order chi connectivity index (χ1) is 12.0. The van der Waals surface area contributed by atoms with Crippen LogP contribution in [0.15, 0.2) is 63.1 Å². The van der Waals surface area contributed by atoms with Crippen LogP contribution in [0.1, 0.15) is 27.7 Å². The van der Waals surface area contributed by atoms with Crippen LogP contribution in [0, 0.1) is 0 Å². The van der Waals surface area contributed by atoms with Crippen LogP contribution >= 0.6 is 11.3 Å². The average Bonchev–Trinajstić information content (AvgIpc) is 3.24. The standard InChI is InChI=1S/C18H14N2O4S/c1-10(21)14(18(23)24-2)15-11-6-3-4-7-12(11)16(19-15)20-17(22)13-8-5-9-25-13/h3-9,21H,1-2H3/b14-10+,20-16?. The fourth-order valence-corrected chi connectivity index (χ4v) is 3.06. The summed E-state index contributed by atoms with van der Waals surface area (Å²) in [5, 5.41) is 11.7. The van der Waals surface area contributed by atoms with Gasteiger partial charge in [0.1, 0.15) is 11.3 Å². The highest BCUT2D eigenvalue weighted by atomic mass is 32.1. The lowest BCUT2D eigenvalue weighted by Crippen LogP contribution is -2.16. The monoisotopic (exact) mass is 354 g/mol. The van der Waals surface area contributed by atoms with Crippen LogP contribution in [0.25, 0.3) is 0 Å². The molecule has 0 saturated heterocycles. The number of ether oxygens (including phenoxy) is 1. The molecule has 1 N–H and O–H groups in total. The zero-order valence-electron chi connectivity index (χ0n) is 13.5. The Hall–Kier alpha value is -3.06. The number of benzene rings is 1. The van der Waals surface area contributed by atoms with Crippen molar-refractivity contribution in [2.24, 2.45) is 9.98 Å². The number of aliphatic hydroxyl groups excluding tert-OH is 1. The van der Waals surface area contributed by atoms with Gasteiger partial charge in [-0.05, 0) is 18.4 Å². The zero-order chi connectivity index (χ0) is 18.0. The largest absolute Gasteiger partial charge is 0.512 e. The van der Waals surface area contributed by atoms with Gasteiger partial charge in [-0.2, -0.15) is 4.99 Å². The van der Waals surface area contributed by atoms with Crippen molar-refractivity contribution in [3.63, 3.8) is 0 Å². The summed E-state index contributed by atoms with van der Waals surface area (Å²) >= 11 is 1.29. The zero-order valence-corrected chi connectivity index (χ0v) is 14.3. The van der Waals surface area contributed by atoms with E-state index < -0.39 is 11.9 Å². The first-order valence-corrected chi connectivity index (χ1v) is 8.24. The number of methoxy groups -OCH3 is 1. The van der Waals surface area contributed by atoms with Crippen LogP contribution in [0.2, 0.25) is 0 Å². The SMILES string of the molecule is COC(=O)/C(C1=NC(=NC(=O)c2cccs2)c2ccccc21)=C(\C)O. The van der Waals surface area contributed by atoms with Gasteiger partial charge in [-0.25, -0.2) is 9.79 Å². The van der Waals surface area contributed by atoms with Crippen molar-refractivity contribution in [2.45, 2.75) is 6.92 Å². The molecule has 0 atom stereocenters. The van der Waals surface area contributed by atoms with Crippen LogP contribution in [0.3, 0.4) is 0 Å². The van der Waals surface area contributed by atoms with Crippen LogP contribution in [-0.4, -0.2) is 35.6 Å². The number of hydrogen-bond acceptors (Lipinski definition) is 5. The minimum absolute atomic E-state index is 0.0521. The first-order valence-electron chi connectivity index (χ1n) is 7.36. The number of carbonyl (C=O) groups is 2. The van der Waals surface area contributed by atoms with Gasteiger partial charge in [-0.15, -0.1) is 11.3 Å². The van der Waals surface area contributed by atoms with Crippen LogP contribution in [0.4, 0.5) is 0 Å². The molecule has 1 aliphatic rings. The third-order valence-corrected chi connectivity index (χ3v) is 4.43. The number of aliphatic hydroxyl groups is 1. The lowest BCUT2D eigenvalue weighted by molar-refractivity contribution is -0.135. The number of allylic oxidation sites excluding steroid dienone is 1. The molecule has 2 aromatic rings. The molecule has 0 bridgehead atoms. The van der Waals surface area contributed by atoms with Gasteiger partial charge in [0.15, 0.2) is 5.84 Å². The quantitative estimate of drug-likeness (QED) is 0.521. The summed E-state index contributed by atoms with van der Waals surface area (Å²) in [7, 11) is 1.22. The van der Waals surface area contributed by atoms with Gasteiger partial charge in [0, 0.05) is 11.1 Å². The summed E-state index contributed by atoms with van der Waals surface area (Å²) in [6.45, 7) is 1.38. The summed E-state index contributed by atoms with van der Waals surface area (Å²) in [4.78, 5) is 33.2. The molecule has 6 nitrogen and oxygen atoms in total. The maximum atomic E-state index is 12.3. The molecular weight excluding hydrogens is 340 g/mol. The fourth-order valence-electron chi connectivity index (χ4n) is 2.46. The molecule has 1 aliphatic heterocycles. The summed E-state index contributed by atoms with van der Waals surface area (Å²) in [6.07, 6.45) is 0. The molecule has 3 rings (SSSR count). The predicted octanol–water partition coefficient (Wildman–Crippen LogP) is 3.14. The molecule has 7 heteroatoms. The van der Waals surface area contributed by atoms with Gasteiger partial charge in [-0.3, -0.25) is 4.79 Å². The van der Waals surface area contributed by atoms with E-state index in [9.17, 15) is 14.7 Å². The number of carbonyl (C=O) groups excluding carboxylic acids is 2. The lowest BCUT2D eigenvalue weighted by atomic mass is 9.99. The Bertz CT molecular complexity index is 936. The number of esters is 1. The molecule has 1 amide bonds. The highest BCUT2D eigenvalue weighted by Gasteiger charge is 2.30. The Labute approximate surface area is 147 Å². The second-order valence-electron chi connectivity index (χ2n) is 5.18. The van der Waals surface area contributed by atoms with E-state index in [2.05, 4.69) is 9.98 Å². The van der Waals surface area contributed by atoms with Crippen molar-refractivity contribution in [3.8, 4) is 0 Å². The molecule has 25 heavy (non-hydrogen) atoms. The Balaban J connectivity index is 2.13. The van der Waals surface area contributed by atoms with Gasteiger partial charge < -0.3 is 9.84 Å². The molecule has 0 radical (unpaired) electrons.